The van der Waals surface area contributed by atoms with Crippen molar-refractivity contribution in [3.05, 3.63) is 39.5 Å². The van der Waals surface area contributed by atoms with Crippen LogP contribution < -0.4 is 5.32 Å². The summed E-state index contributed by atoms with van der Waals surface area (Å²) < 4.78 is 2.07. The maximum absolute atomic E-state index is 4.73. The van der Waals surface area contributed by atoms with E-state index in [1.165, 1.54) is 5.56 Å². The van der Waals surface area contributed by atoms with Crippen LogP contribution in [0.4, 0.5) is 0 Å². The van der Waals surface area contributed by atoms with Crippen molar-refractivity contribution in [2.75, 3.05) is 0 Å². The molecule has 4 rings (SSSR count). The predicted molar refractivity (Wildman–Crippen MR) is 93.8 cm³/mol. The predicted octanol–water partition coefficient (Wildman–Crippen LogP) is 3.13. The Morgan fingerprint density at radius 3 is 3.13 bits per heavy atom. The first-order valence-corrected chi connectivity index (χ1v) is 9.77. The monoisotopic (exact) mass is 345 g/mol. The van der Waals surface area contributed by atoms with Crippen LogP contribution in [0.1, 0.15) is 30.7 Å². The Morgan fingerprint density at radius 1 is 1.35 bits per heavy atom. The van der Waals surface area contributed by atoms with Gasteiger partial charge in [-0.05, 0) is 17.9 Å². The van der Waals surface area contributed by atoms with Crippen LogP contribution in [-0.4, -0.2) is 25.8 Å². The fraction of sp³-hybridized carbons (Fsp3) is 0.438. The fourth-order valence-corrected chi connectivity index (χ4v) is 4.36. The number of thiazole rings is 1. The molecule has 1 atom stereocenters. The van der Waals surface area contributed by atoms with E-state index in [0.29, 0.717) is 6.04 Å². The number of aryl methyl sites for hydroxylation is 2. The summed E-state index contributed by atoms with van der Waals surface area (Å²) >= 11 is 3.43. The first-order chi connectivity index (χ1) is 11.3. The minimum atomic E-state index is 0.445. The van der Waals surface area contributed by atoms with Crippen molar-refractivity contribution in [3.8, 4) is 10.6 Å². The molecule has 3 aromatic rings. The van der Waals surface area contributed by atoms with Gasteiger partial charge in [-0.25, -0.2) is 14.6 Å². The number of hydrogen-bond donors (Lipinski definition) is 1. The highest BCUT2D eigenvalue weighted by Crippen LogP contribution is 2.25. The molecule has 0 amide bonds. The van der Waals surface area contributed by atoms with E-state index in [4.69, 9.17) is 4.98 Å². The molecule has 0 saturated heterocycles. The summed E-state index contributed by atoms with van der Waals surface area (Å²) in [5.41, 5.74) is 2.35. The Hall–Kier alpha value is -1.57. The van der Waals surface area contributed by atoms with Crippen LogP contribution in [-0.2, 0) is 25.9 Å². The summed E-state index contributed by atoms with van der Waals surface area (Å²) in [4.78, 5) is 9.29. The van der Waals surface area contributed by atoms with Crippen molar-refractivity contribution in [2.24, 2.45) is 0 Å². The van der Waals surface area contributed by atoms with Gasteiger partial charge in [0.05, 0.1) is 12.2 Å². The number of nitrogens with zero attached hydrogens (tertiary/aromatic N) is 4. The highest BCUT2D eigenvalue weighted by atomic mass is 32.1. The van der Waals surface area contributed by atoms with E-state index in [2.05, 4.69) is 49.2 Å². The lowest BCUT2D eigenvalue weighted by Crippen LogP contribution is -2.37. The molecule has 0 fully saturated rings. The lowest BCUT2D eigenvalue weighted by atomic mass is 10.1. The van der Waals surface area contributed by atoms with Crippen LogP contribution in [0.15, 0.2) is 22.2 Å². The van der Waals surface area contributed by atoms with Gasteiger partial charge in [-0.15, -0.1) is 11.3 Å². The van der Waals surface area contributed by atoms with E-state index in [0.717, 1.165) is 54.7 Å². The van der Waals surface area contributed by atoms with Gasteiger partial charge in [0.2, 0.25) is 0 Å². The van der Waals surface area contributed by atoms with Crippen molar-refractivity contribution in [1.82, 2.24) is 25.1 Å². The number of fused-ring (bicyclic) bond motifs is 1. The zero-order valence-corrected chi connectivity index (χ0v) is 14.7. The Bertz CT molecular complexity index is 774. The van der Waals surface area contributed by atoms with Crippen molar-refractivity contribution < 1.29 is 0 Å². The van der Waals surface area contributed by atoms with E-state index in [-0.39, 0.29) is 0 Å². The second kappa shape index (κ2) is 6.51. The normalized spacial score (nSPS) is 17.3. The molecule has 4 heterocycles. The standard InChI is InChI=1S/C16H19N5S2/c1-2-14-19-15-4-3-12(8-21(15)20-14)17-7-13-10-23-16(18-13)11-5-6-22-9-11/h5-6,9-10,12,17H,2-4,7-8H2,1H3/t12-/m1/s1. The number of rotatable bonds is 5. The van der Waals surface area contributed by atoms with Crippen LogP contribution in [0.2, 0.25) is 0 Å². The molecular formula is C16H19N5S2. The maximum Gasteiger partial charge on any atom is 0.150 e. The Labute approximate surface area is 143 Å². The Morgan fingerprint density at radius 2 is 2.30 bits per heavy atom. The van der Waals surface area contributed by atoms with Gasteiger partial charge in [0.15, 0.2) is 5.82 Å². The van der Waals surface area contributed by atoms with Gasteiger partial charge in [0, 0.05) is 41.8 Å². The molecule has 0 aliphatic carbocycles. The third-order valence-corrected chi connectivity index (χ3v) is 5.73. The van der Waals surface area contributed by atoms with Gasteiger partial charge in [-0.2, -0.15) is 16.4 Å². The Kier molecular flexibility index (Phi) is 4.24. The summed E-state index contributed by atoms with van der Waals surface area (Å²) in [6, 6.07) is 2.57. The molecular weight excluding hydrogens is 326 g/mol. The summed E-state index contributed by atoms with van der Waals surface area (Å²) in [5.74, 6) is 2.09. The second-order valence-corrected chi connectivity index (χ2v) is 7.39. The molecule has 3 aromatic heterocycles. The molecule has 0 spiro atoms. The largest absolute Gasteiger partial charge is 0.306 e. The van der Waals surface area contributed by atoms with E-state index in [1.807, 2.05) is 0 Å². The number of nitrogens with one attached hydrogen (secondary N) is 1. The quantitative estimate of drug-likeness (QED) is 0.772. The van der Waals surface area contributed by atoms with Crippen LogP contribution in [0.3, 0.4) is 0 Å². The second-order valence-electron chi connectivity index (χ2n) is 5.75. The van der Waals surface area contributed by atoms with E-state index in [9.17, 15) is 0 Å². The van der Waals surface area contributed by atoms with Gasteiger partial charge in [0.1, 0.15) is 10.8 Å². The highest BCUT2D eigenvalue weighted by molar-refractivity contribution is 7.14. The summed E-state index contributed by atoms with van der Waals surface area (Å²) in [6.07, 6.45) is 3.02. The zero-order valence-electron chi connectivity index (χ0n) is 13.0. The lowest BCUT2D eigenvalue weighted by Gasteiger charge is -2.23. The third kappa shape index (κ3) is 3.22. The van der Waals surface area contributed by atoms with Crippen LogP contribution in [0.5, 0.6) is 0 Å². The maximum atomic E-state index is 4.73. The SMILES string of the molecule is CCc1nc2n(n1)C[C@H](NCc1csc(-c3ccsc3)n1)CC2. The Balaban J connectivity index is 1.36. The molecule has 0 aromatic carbocycles. The molecule has 0 radical (unpaired) electrons. The smallest absolute Gasteiger partial charge is 0.150 e. The molecule has 5 nitrogen and oxygen atoms in total. The molecule has 0 unspecified atom stereocenters. The molecule has 0 bridgehead atoms. The minimum Gasteiger partial charge on any atom is -0.306 e. The first-order valence-electron chi connectivity index (χ1n) is 7.94. The molecule has 1 N–H and O–H groups in total. The molecule has 1 aliphatic rings. The third-order valence-electron chi connectivity index (χ3n) is 4.11. The molecule has 23 heavy (non-hydrogen) atoms. The number of hydrogen-bond acceptors (Lipinski definition) is 6. The van der Waals surface area contributed by atoms with Crippen molar-refractivity contribution in [2.45, 2.75) is 45.3 Å². The van der Waals surface area contributed by atoms with Gasteiger partial charge in [-0.3, -0.25) is 0 Å². The first kappa shape index (κ1) is 15.0. The van der Waals surface area contributed by atoms with Crippen molar-refractivity contribution in [1.29, 1.82) is 0 Å². The van der Waals surface area contributed by atoms with Gasteiger partial charge in [-0.1, -0.05) is 6.92 Å². The topological polar surface area (TPSA) is 55.6 Å². The van der Waals surface area contributed by atoms with Crippen LogP contribution in [0.25, 0.3) is 10.6 Å². The van der Waals surface area contributed by atoms with Gasteiger partial charge >= 0.3 is 0 Å². The minimum absolute atomic E-state index is 0.445. The van der Waals surface area contributed by atoms with E-state index < -0.39 is 0 Å². The van der Waals surface area contributed by atoms with Gasteiger partial charge < -0.3 is 5.32 Å². The summed E-state index contributed by atoms with van der Waals surface area (Å²) in [6.45, 7) is 3.82. The summed E-state index contributed by atoms with van der Waals surface area (Å²) in [5, 5.41) is 15.7. The average Bonchev–Trinajstić information content (AvgIpc) is 3.30. The number of thiophene rings is 1. The van der Waals surface area contributed by atoms with Gasteiger partial charge in [0.25, 0.3) is 0 Å². The lowest BCUT2D eigenvalue weighted by molar-refractivity contribution is 0.356. The van der Waals surface area contributed by atoms with Crippen molar-refractivity contribution in [3.63, 3.8) is 0 Å². The van der Waals surface area contributed by atoms with Crippen LogP contribution in [0, 0.1) is 0 Å². The fourth-order valence-electron chi connectivity index (χ4n) is 2.83. The molecule has 7 heteroatoms. The molecule has 120 valence electrons. The number of aromatic nitrogens is 4. The van der Waals surface area contributed by atoms with E-state index in [1.54, 1.807) is 22.7 Å². The van der Waals surface area contributed by atoms with Crippen molar-refractivity contribution >= 4 is 22.7 Å². The molecule has 0 saturated carbocycles. The van der Waals surface area contributed by atoms with E-state index >= 15 is 0 Å². The average molecular weight is 345 g/mol. The van der Waals surface area contributed by atoms with Crippen LogP contribution >= 0.6 is 22.7 Å². The zero-order chi connectivity index (χ0) is 15.6. The highest BCUT2D eigenvalue weighted by Gasteiger charge is 2.21. The summed E-state index contributed by atoms with van der Waals surface area (Å²) in [7, 11) is 0. The molecule has 1 aliphatic heterocycles.